The Hall–Kier alpha value is -2.22. The second-order valence-corrected chi connectivity index (χ2v) is 3.74. The summed E-state index contributed by atoms with van der Waals surface area (Å²) < 4.78 is 10.4. The summed E-state index contributed by atoms with van der Waals surface area (Å²) in [5, 5.41) is 11.1. The molecule has 1 aromatic carbocycles. The molecule has 0 heterocycles. The van der Waals surface area contributed by atoms with E-state index in [0.29, 0.717) is 18.0 Å². The van der Waals surface area contributed by atoms with Crippen LogP contribution >= 0.6 is 0 Å². The lowest BCUT2D eigenvalue weighted by Gasteiger charge is -2.14. The van der Waals surface area contributed by atoms with Crippen LogP contribution in [0.3, 0.4) is 0 Å². The van der Waals surface area contributed by atoms with Gasteiger partial charge in [0.15, 0.2) is 0 Å². The zero-order chi connectivity index (χ0) is 13.5. The van der Waals surface area contributed by atoms with E-state index in [-0.39, 0.29) is 12.3 Å². The van der Waals surface area contributed by atoms with Crippen molar-refractivity contribution in [1.82, 2.24) is 5.32 Å². The van der Waals surface area contributed by atoms with Crippen molar-refractivity contribution >= 4 is 5.91 Å². The Morgan fingerprint density at radius 3 is 2.67 bits per heavy atom. The zero-order valence-electron chi connectivity index (χ0n) is 10.7. The van der Waals surface area contributed by atoms with E-state index >= 15 is 0 Å². The minimum Gasteiger partial charge on any atom is -0.497 e. The van der Waals surface area contributed by atoms with E-state index in [4.69, 9.17) is 14.7 Å². The minimum atomic E-state index is -0.297. The summed E-state index contributed by atoms with van der Waals surface area (Å²) in [5.41, 5.74) is 1.84. The molecule has 0 fully saturated rings. The van der Waals surface area contributed by atoms with Gasteiger partial charge in [-0.05, 0) is 18.6 Å². The molecule has 1 aromatic rings. The fraction of sp³-hybridized carbons (Fsp3) is 0.385. The number of ether oxygens (including phenoxy) is 2. The van der Waals surface area contributed by atoms with Crippen LogP contribution in [-0.2, 0) is 11.3 Å². The normalized spacial score (nSPS) is 9.44. The zero-order valence-corrected chi connectivity index (χ0v) is 10.7. The van der Waals surface area contributed by atoms with E-state index in [1.165, 1.54) is 0 Å². The highest BCUT2D eigenvalue weighted by Gasteiger charge is 2.10. The molecule has 1 rings (SSSR count). The van der Waals surface area contributed by atoms with Crippen molar-refractivity contribution in [2.24, 2.45) is 0 Å². The molecule has 1 amide bonds. The van der Waals surface area contributed by atoms with Crippen LogP contribution in [0.15, 0.2) is 12.1 Å². The Balaban J connectivity index is 2.88. The van der Waals surface area contributed by atoms with Gasteiger partial charge in [0.25, 0.3) is 0 Å². The summed E-state index contributed by atoms with van der Waals surface area (Å²) in [6, 6.07) is 5.43. The van der Waals surface area contributed by atoms with Crippen LogP contribution in [0.1, 0.15) is 17.5 Å². The van der Waals surface area contributed by atoms with E-state index < -0.39 is 0 Å². The van der Waals surface area contributed by atoms with Gasteiger partial charge < -0.3 is 14.8 Å². The Labute approximate surface area is 106 Å². The largest absolute Gasteiger partial charge is 0.497 e. The van der Waals surface area contributed by atoms with Crippen molar-refractivity contribution in [2.75, 3.05) is 14.2 Å². The van der Waals surface area contributed by atoms with Crippen molar-refractivity contribution in [3.8, 4) is 17.6 Å². The molecule has 0 saturated carbocycles. The molecule has 0 spiro atoms. The highest BCUT2D eigenvalue weighted by atomic mass is 16.5. The predicted molar refractivity (Wildman–Crippen MR) is 66.4 cm³/mol. The summed E-state index contributed by atoms with van der Waals surface area (Å²) in [4.78, 5) is 11.3. The third kappa shape index (κ3) is 3.39. The molecule has 0 atom stereocenters. The number of aryl methyl sites for hydroxylation is 1. The molecular formula is C13H16N2O3. The maximum Gasteiger partial charge on any atom is 0.234 e. The van der Waals surface area contributed by atoms with Gasteiger partial charge in [-0.15, -0.1) is 0 Å². The first kappa shape index (κ1) is 13.8. The number of hydrogen-bond acceptors (Lipinski definition) is 4. The van der Waals surface area contributed by atoms with Crippen LogP contribution < -0.4 is 14.8 Å². The van der Waals surface area contributed by atoms with Crippen LogP contribution in [0.2, 0.25) is 0 Å². The minimum absolute atomic E-state index is 0.141. The number of hydrogen-bond donors (Lipinski definition) is 1. The Kier molecular flexibility index (Phi) is 5.00. The smallest absolute Gasteiger partial charge is 0.234 e. The Morgan fingerprint density at radius 1 is 1.39 bits per heavy atom. The van der Waals surface area contributed by atoms with Gasteiger partial charge in [0.05, 0.1) is 20.3 Å². The summed E-state index contributed by atoms with van der Waals surface area (Å²) in [5.74, 6) is 1.07. The van der Waals surface area contributed by atoms with E-state index in [1.54, 1.807) is 26.4 Å². The van der Waals surface area contributed by atoms with Gasteiger partial charge in [-0.1, -0.05) is 0 Å². The van der Waals surface area contributed by atoms with E-state index in [9.17, 15) is 4.79 Å². The molecular weight excluding hydrogens is 232 g/mol. The van der Waals surface area contributed by atoms with Crippen molar-refractivity contribution in [3.63, 3.8) is 0 Å². The molecule has 96 valence electrons. The molecule has 0 aliphatic rings. The van der Waals surface area contributed by atoms with Crippen molar-refractivity contribution in [3.05, 3.63) is 23.3 Å². The van der Waals surface area contributed by atoms with Gasteiger partial charge in [-0.25, -0.2) is 0 Å². The van der Waals surface area contributed by atoms with Crippen LogP contribution in [-0.4, -0.2) is 20.1 Å². The highest BCUT2D eigenvalue weighted by molar-refractivity contribution is 5.78. The van der Waals surface area contributed by atoms with Crippen LogP contribution in [0.4, 0.5) is 0 Å². The molecule has 5 heteroatoms. The summed E-state index contributed by atoms with van der Waals surface area (Å²) in [7, 11) is 3.15. The van der Waals surface area contributed by atoms with Gasteiger partial charge in [-0.3, -0.25) is 4.79 Å². The molecule has 0 unspecified atom stereocenters. The second-order valence-electron chi connectivity index (χ2n) is 3.74. The SMILES string of the molecule is COc1cc(C)c(CNC(=O)CC#N)c(OC)c1. The summed E-state index contributed by atoms with van der Waals surface area (Å²) in [6.45, 7) is 2.25. The fourth-order valence-electron chi connectivity index (χ4n) is 1.60. The Morgan fingerprint density at radius 2 is 2.11 bits per heavy atom. The van der Waals surface area contributed by atoms with Crippen molar-refractivity contribution in [1.29, 1.82) is 5.26 Å². The van der Waals surface area contributed by atoms with Gasteiger partial charge >= 0.3 is 0 Å². The lowest BCUT2D eigenvalue weighted by Crippen LogP contribution is -2.22. The number of rotatable bonds is 5. The molecule has 0 aromatic heterocycles. The summed E-state index contributed by atoms with van der Waals surface area (Å²) >= 11 is 0. The average Bonchev–Trinajstić information content (AvgIpc) is 2.36. The molecule has 0 radical (unpaired) electrons. The van der Waals surface area contributed by atoms with Crippen molar-refractivity contribution in [2.45, 2.75) is 19.9 Å². The molecule has 0 bridgehead atoms. The third-order valence-electron chi connectivity index (χ3n) is 2.56. The lowest BCUT2D eigenvalue weighted by molar-refractivity contribution is -0.120. The quantitative estimate of drug-likeness (QED) is 0.858. The third-order valence-corrected chi connectivity index (χ3v) is 2.56. The Bertz CT molecular complexity index is 478. The highest BCUT2D eigenvalue weighted by Crippen LogP contribution is 2.28. The molecule has 0 aliphatic carbocycles. The lowest BCUT2D eigenvalue weighted by atomic mass is 10.1. The van der Waals surface area contributed by atoms with Gasteiger partial charge in [0.2, 0.25) is 5.91 Å². The number of methoxy groups -OCH3 is 2. The molecule has 18 heavy (non-hydrogen) atoms. The van der Waals surface area contributed by atoms with Crippen LogP contribution in [0.5, 0.6) is 11.5 Å². The maximum atomic E-state index is 11.3. The number of carbonyl (C=O) groups excluding carboxylic acids is 1. The fourth-order valence-corrected chi connectivity index (χ4v) is 1.60. The number of nitrogens with one attached hydrogen (secondary N) is 1. The molecule has 5 nitrogen and oxygen atoms in total. The predicted octanol–water partition coefficient (Wildman–Crippen LogP) is 1.54. The summed E-state index contributed by atoms with van der Waals surface area (Å²) in [6.07, 6.45) is -0.141. The molecule has 1 N–H and O–H groups in total. The number of nitriles is 1. The first-order valence-electron chi connectivity index (χ1n) is 5.47. The molecule has 0 aliphatic heterocycles. The number of benzene rings is 1. The topological polar surface area (TPSA) is 71.3 Å². The van der Waals surface area contributed by atoms with Crippen molar-refractivity contribution < 1.29 is 14.3 Å². The number of nitrogens with zero attached hydrogens (tertiary/aromatic N) is 1. The van der Waals surface area contributed by atoms with E-state index in [0.717, 1.165) is 11.1 Å². The van der Waals surface area contributed by atoms with Gasteiger partial charge in [0, 0.05) is 18.2 Å². The van der Waals surface area contributed by atoms with Gasteiger partial charge in [-0.2, -0.15) is 5.26 Å². The van der Waals surface area contributed by atoms with Gasteiger partial charge in [0.1, 0.15) is 17.9 Å². The maximum absolute atomic E-state index is 11.3. The number of amides is 1. The van der Waals surface area contributed by atoms with E-state index in [1.807, 2.05) is 13.0 Å². The molecule has 0 saturated heterocycles. The monoisotopic (exact) mass is 248 g/mol. The first-order valence-corrected chi connectivity index (χ1v) is 5.47. The van der Waals surface area contributed by atoms with E-state index in [2.05, 4.69) is 5.32 Å². The first-order chi connectivity index (χ1) is 8.62. The number of carbonyl (C=O) groups is 1. The standard InChI is InChI=1S/C13H16N2O3/c1-9-6-10(17-2)7-12(18-3)11(9)8-15-13(16)4-5-14/h6-7H,4,8H2,1-3H3,(H,15,16). The van der Waals surface area contributed by atoms with Crippen LogP contribution in [0.25, 0.3) is 0 Å². The van der Waals surface area contributed by atoms with Crippen LogP contribution in [0, 0.1) is 18.3 Å². The second kappa shape index (κ2) is 6.50. The average molecular weight is 248 g/mol.